The van der Waals surface area contributed by atoms with Gasteiger partial charge in [0.05, 0.1) is 39.6 Å². The topological polar surface area (TPSA) is 72.5 Å². The summed E-state index contributed by atoms with van der Waals surface area (Å²) in [5.41, 5.74) is 9.08. The predicted molar refractivity (Wildman–Crippen MR) is 235 cm³/mol. The van der Waals surface area contributed by atoms with Gasteiger partial charge in [0.15, 0.2) is 0 Å². The van der Waals surface area contributed by atoms with Crippen LogP contribution in [0.4, 0.5) is 0 Å². The van der Waals surface area contributed by atoms with Crippen molar-refractivity contribution in [3.63, 3.8) is 0 Å². The van der Waals surface area contributed by atoms with Crippen molar-refractivity contribution in [3.05, 3.63) is 213 Å². The van der Waals surface area contributed by atoms with Crippen molar-refractivity contribution in [2.24, 2.45) is 0 Å². The van der Waals surface area contributed by atoms with E-state index < -0.39 is 30.5 Å². The molecule has 7 rings (SSSR count). The van der Waals surface area contributed by atoms with Gasteiger partial charge in [0.1, 0.15) is 43.4 Å². The highest BCUT2D eigenvalue weighted by Gasteiger charge is 2.49. The van der Waals surface area contributed by atoms with Crippen LogP contribution in [-0.2, 0) is 79.1 Å². The van der Waals surface area contributed by atoms with Crippen LogP contribution >= 0.6 is 11.6 Å². The van der Waals surface area contributed by atoms with Gasteiger partial charge in [-0.3, -0.25) is 0 Å². The summed E-state index contributed by atoms with van der Waals surface area (Å²) in [6.45, 7) is 3.81. The SMILES string of the molecule is CCc1ccc(Cc2cc([C@@H]3O[C@H](COCc4ccccc4)[C@@H](OCc4ccccc4)[C@H](OCc4ccccc4)[C@H]3OCc3ccccc3)c(COCC=O)cc2Cl)cc1. The zero-order chi connectivity index (χ0) is 41.4. The maximum atomic E-state index is 11.5. The van der Waals surface area contributed by atoms with E-state index in [-0.39, 0.29) is 19.8 Å². The fourth-order valence-electron chi connectivity index (χ4n) is 7.57. The monoisotopic (exact) mass is 824 g/mol. The minimum atomic E-state index is -0.676. The van der Waals surface area contributed by atoms with Gasteiger partial charge in [0.25, 0.3) is 0 Å². The number of hydrogen-bond donors (Lipinski definition) is 0. The van der Waals surface area contributed by atoms with Gasteiger partial charge in [-0.25, -0.2) is 0 Å². The van der Waals surface area contributed by atoms with Crippen LogP contribution in [0.1, 0.15) is 63.1 Å². The van der Waals surface area contributed by atoms with E-state index in [0.29, 0.717) is 37.9 Å². The van der Waals surface area contributed by atoms with Gasteiger partial charge < -0.3 is 33.2 Å². The Morgan fingerprint density at radius 1 is 0.533 bits per heavy atom. The summed E-state index contributed by atoms with van der Waals surface area (Å²) in [5.74, 6) is 0. The largest absolute Gasteiger partial charge is 0.374 e. The lowest BCUT2D eigenvalue weighted by Crippen LogP contribution is -2.58. The third-order valence-corrected chi connectivity index (χ3v) is 11.1. The van der Waals surface area contributed by atoms with Crippen molar-refractivity contribution in [2.75, 3.05) is 13.2 Å². The standard InChI is InChI=1S/C52H53ClO7/c1-2-38-23-25-39(26-24-38)29-44-30-46(45(31-47(44)53)36-55-28-27-54)49-51(58-34-42-19-11-5-12-20-42)52(59-35-43-21-13-6-14-22-43)50(57-33-41-17-9-4-10-18-41)48(60-49)37-56-32-40-15-7-3-8-16-40/h3-27,30-31,48-52H,2,28-29,32-37H2,1H3/t48-,49+,50-,51+,52+/m1/s1. The molecule has 8 heteroatoms. The van der Waals surface area contributed by atoms with E-state index in [2.05, 4.69) is 49.4 Å². The lowest BCUT2D eigenvalue weighted by Gasteiger charge is -2.47. The van der Waals surface area contributed by atoms with E-state index in [1.807, 2.05) is 115 Å². The molecule has 5 atom stereocenters. The first-order valence-electron chi connectivity index (χ1n) is 20.7. The summed E-state index contributed by atoms with van der Waals surface area (Å²) in [4.78, 5) is 11.5. The van der Waals surface area contributed by atoms with E-state index in [1.54, 1.807) is 0 Å². The van der Waals surface area contributed by atoms with Gasteiger partial charge in [-0.05, 0) is 69.0 Å². The van der Waals surface area contributed by atoms with Gasteiger partial charge >= 0.3 is 0 Å². The van der Waals surface area contributed by atoms with Crippen LogP contribution in [0.15, 0.2) is 158 Å². The van der Waals surface area contributed by atoms with Crippen LogP contribution in [0.2, 0.25) is 5.02 Å². The smallest absolute Gasteiger partial charge is 0.145 e. The van der Waals surface area contributed by atoms with Crippen molar-refractivity contribution in [3.8, 4) is 0 Å². The summed E-state index contributed by atoms with van der Waals surface area (Å²) >= 11 is 7.10. The Hall–Kier alpha value is -4.96. The molecule has 0 amide bonds. The molecule has 0 aliphatic carbocycles. The number of halogens is 1. The number of aryl methyl sites for hydroxylation is 1. The number of hydrogen-bond acceptors (Lipinski definition) is 7. The highest BCUT2D eigenvalue weighted by Crippen LogP contribution is 2.41. The molecule has 0 saturated carbocycles. The molecule has 1 aliphatic rings. The Balaban J connectivity index is 1.32. The minimum Gasteiger partial charge on any atom is -0.374 e. The van der Waals surface area contributed by atoms with E-state index in [9.17, 15) is 4.79 Å². The zero-order valence-corrected chi connectivity index (χ0v) is 34.8. The predicted octanol–water partition coefficient (Wildman–Crippen LogP) is 10.6. The van der Waals surface area contributed by atoms with Crippen molar-refractivity contribution >= 4 is 17.9 Å². The van der Waals surface area contributed by atoms with Crippen molar-refractivity contribution < 1.29 is 33.2 Å². The van der Waals surface area contributed by atoms with Crippen LogP contribution in [0.3, 0.4) is 0 Å². The van der Waals surface area contributed by atoms with E-state index in [1.165, 1.54) is 5.56 Å². The van der Waals surface area contributed by atoms with Crippen molar-refractivity contribution in [1.82, 2.24) is 0 Å². The fourth-order valence-corrected chi connectivity index (χ4v) is 7.83. The van der Waals surface area contributed by atoms with Crippen molar-refractivity contribution in [2.45, 2.75) is 83.3 Å². The van der Waals surface area contributed by atoms with Gasteiger partial charge in [-0.15, -0.1) is 0 Å². The molecule has 0 unspecified atom stereocenters. The van der Waals surface area contributed by atoms with Gasteiger partial charge in [-0.1, -0.05) is 170 Å². The van der Waals surface area contributed by atoms with Crippen LogP contribution in [0.5, 0.6) is 0 Å². The Morgan fingerprint density at radius 2 is 1.03 bits per heavy atom. The first kappa shape index (κ1) is 43.1. The highest BCUT2D eigenvalue weighted by atomic mass is 35.5. The summed E-state index contributed by atoms with van der Waals surface area (Å²) in [5, 5.41) is 0.601. The molecular formula is C52H53ClO7. The number of benzene rings is 6. The number of rotatable bonds is 21. The van der Waals surface area contributed by atoms with Crippen LogP contribution in [0.25, 0.3) is 0 Å². The number of ether oxygens (including phenoxy) is 6. The fraction of sp³-hybridized carbons (Fsp3) is 0.288. The number of carbonyl (C=O) groups is 1. The molecule has 0 N–H and O–H groups in total. The molecule has 0 aromatic heterocycles. The molecule has 1 fully saturated rings. The molecule has 60 heavy (non-hydrogen) atoms. The molecule has 1 heterocycles. The first-order chi connectivity index (χ1) is 29.6. The number of aldehydes is 1. The van der Waals surface area contributed by atoms with E-state index >= 15 is 0 Å². The third kappa shape index (κ3) is 12.1. The van der Waals surface area contributed by atoms with Crippen LogP contribution in [-0.4, -0.2) is 43.9 Å². The Morgan fingerprint density at radius 3 is 1.57 bits per heavy atom. The Bertz CT molecular complexity index is 2170. The average molecular weight is 825 g/mol. The lowest BCUT2D eigenvalue weighted by molar-refractivity contribution is -0.275. The second-order valence-corrected chi connectivity index (χ2v) is 15.5. The Kier molecular flexibility index (Phi) is 16.2. The molecule has 7 nitrogen and oxygen atoms in total. The van der Waals surface area contributed by atoms with Crippen molar-refractivity contribution in [1.29, 1.82) is 0 Å². The third-order valence-electron chi connectivity index (χ3n) is 10.8. The maximum absolute atomic E-state index is 11.5. The van der Waals surface area contributed by atoms with Gasteiger partial charge in [0, 0.05) is 5.02 Å². The quantitative estimate of drug-likeness (QED) is 0.0529. The second-order valence-electron chi connectivity index (χ2n) is 15.1. The second kappa shape index (κ2) is 22.6. The first-order valence-corrected chi connectivity index (χ1v) is 21.1. The molecule has 0 radical (unpaired) electrons. The summed E-state index contributed by atoms with van der Waals surface area (Å²) < 4.78 is 40.6. The zero-order valence-electron chi connectivity index (χ0n) is 34.1. The highest BCUT2D eigenvalue weighted by molar-refractivity contribution is 6.31. The van der Waals surface area contributed by atoms with Crippen LogP contribution < -0.4 is 0 Å². The average Bonchev–Trinajstić information content (AvgIpc) is 3.29. The molecular weight excluding hydrogens is 772 g/mol. The van der Waals surface area contributed by atoms with Gasteiger partial charge in [0.2, 0.25) is 0 Å². The molecule has 6 aromatic carbocycles. The summed E-state index contributed by atoms with van der Waals surface area (Å²) in [6, 6.07) is 53.1. The normalized spacial score (nSPS) is 18.9. The molecule has 1 saturated heterocycles. The molecule has 0 bridgehead atoms. The van der Waals surface area contributed by atoms with E-state index in [4.69, 9.17) is 40.0 Å². The maximum Gasteiger partial charge on any atom is 0.145 e. The lowest BCUT2D eigenvalue weighted by atomic mass is 9.87. The minimum absolute atomic E-state index is 0.0593. The van der Waals surface area contributed by atoms with Gasteiger partial charge in [-0.2, -0.15) is 0 Å². The Labute approximate surface area is 359 Å². The molecule has 6 aromatic rings. The van der Waals surface area contributed by atoms with Crippen LogP contribution in [0, 0.1) is 0 Å². The number of carbonyl (C=O) groups excluding carboxylic acids is 1. The molecule has 1 aliphatic heterocycles. The molecule has 310 valence electrons. The summed E-state index contributed by atoms with van der Waals surface area (Å²) in [6.07, 6.45) is -0.818. The molecule has 0 spiro atoms. The van der Waals surface area contributed by atoms with E-state index in [0.717, 1.165) is 57.2 Å². The summed E-state index contributed by atoms with van der Waals surface area (Å²) in [7, 11) is 0.